The first-order valence-corrected chi connectivity index (χ1v) is 10.8. The first kappa shape index (κ1) is 18.5. The van der Waals surface area contributed by atoms with Gasteiger partial charge in [-0.1, -0.05) is 43.2 Å². The number of carbonyl (C=O) groups is 2. The zero-order valence-electron chi connectivity index (χ0n) is 16.4. The quantitative estimate of drug-likeness (QED) is 0.796. The van der Waals surface area contributed by atoms with Crippen LogP contribution in [-0.4, -0.2) is 47.8 Å². The number of hydrogen-bond donors (Lipinski definition) is 0. The molecule has 4 heteroatoms. The van der Waals surface area contributed by atoms with Gasteiger partial charge in [0.05, 0.1) is 5.41 Å². The molecule has 1 aromatic rings. The number of carbonyl (C=O) groups excluding carboxylic acids is 2. The van der Waals surface area contributed by atoms with Crippen molar-refractivity contribution in [2.75, 3.05) is 26.2 Å². The lowest BCUT2D eigenvalue weighted by Gasteiger charge is -2.39. The Balaban J connectivity index is 1.33. The Kier molecular flexibility index (Phi) is 5.51. The summed E-state index contributed by atoms with van der Waals surface area (Å²) in [6.45, 7) is 3.16. The Hall–Kier alpha value is -1.84. The van der Waals surface area contributed by atoms with Crippen molar-refractivity contribution in [3.8, 4) is 0 Å². The number of piperidine rings is 1. The lowest BCUT2D eigenvalue weighted by molar-refractivity contribution is -0.146. The molecule has 1 atom stereocenters. The van der Waals surface area contributed by atoms with Gasteiger partial charge < -0.3 is 9.80 Å². The van der Waals surface area contributed by atoms with Gasteiger partial charge in [0.15, 0.2) is 0 Å². The third-order valence-corrected chi connectivity index (χ3v) is 6.93. The van der Waals surface area contributed by atoms with E-state index < -0.39 is 0 Å². The van der Waals surface area contributed by atoms with Crippen molar-refractivity contribution in [3.63, 3.8) is 0 Å². The summed E-state index contributed by atoms with van der Waals surface area (Å²) < 4.78 is 0. The predicted molar refractivity (Wildman–Crippen MR) is 106 cm³/mol. The maximum atomic E-state index is 13.3. The van der Waals surface area contributed by atoms with E-state index in [0.717, 1.165) is 64.6 Å². The van der Waals surface area contributed by atoms with Crippen LogP contribution in [0, 0.1) is 11.3 Å². The summed E-state index contributed by atoms with van der Waals surface area (Å²) in [4.78, 5) is 30.2. The van der Waals surface area contributed by atoms with E-state index in [1.807, 2.05) is 11.0 Å². The van der Waals surface area contributed by atoms with E-state index in [9.17, 15) is 9.59 Å². The maximum Gasteiger partial charge on any atom is 0.230 e. The molecular formula is C23H32N2O2. The van der Waals surface area contributed by atoms with Gasteiger partial charge in [-0.15, -0.1) is 0 Å². The van der Waals surface area contributed by atoms with Crippen LogP contribution in [0.5, 0.6) is 0 Å². The van der Waals surface area contributed by atoms with E-state index in [2.05, 4.69) is 29.2 Å². The van der Waals surface area contributed by atoms with Gasteiger partial charge in [0.2, 0.25) is 11.8 Å². The monoisotopic (exact) mass is 368 g/mol. The summed E-state index contributed by atoms with van der Waals surface area (Å²) in [5.41, 5.74) is 1.05. The van der Waals surface area contributed by atoms with E-state index in [4.69, 9.17) is 0 Å². The molecule has 0 unspecified atom stereocenters. The fourth-order valence-electron chi connectivity index (χ4n) is 5.35. The molecule has 1 aromatic carbocycles. The number of likely N-dealkylation sites (tertiary alicyclic amines) is 2. The Morgan fingerprint density at radius 1 is 1.04 bits per heavy atom. The molecule has 2 heterocycles. The molecule has 0 bridgehead atoms. The number of aryl methyl sites for hydroxylation is 1. The average Bonchev–Trinajstić information content (AvgIpc) is 3.37. The molecule has 1 aliphatic carbocycles. The third-order valence-electron chi connectivity index (χ3n) is 6.93. The second-order valence-electron chi connectivity index (χ2n) is 8.76. The van der Waals surface area contributed by atoms with E-state index >= 15 is 0 Å². The number of hydrogen-bond acceptors (Lipinski definition) is 2. The van der Waals surface area contributed by atoms with Crippen LogP contribution in [0.1, 0.15) is 56.9 Å². The predicted octanol–water partition coefficient (Wildman–Crippen LogP) is 3.65. The fourth-order valence-corrected chi connectivity index (χ4v) is 5.35. The van der Waals surface area contributed by atoms with Crippen LogP contribution in [0.15, 0.2) is 30.3 Å². The molecule has 3 aliphatic rings. The lowest BCUT2D eigenvalue weighted by Crippen LogP contribution is -2.50. The summed E-state index contributed by atoms with van der Waals surface area (Å²) in [6, 6.07) is 10.5. The minimum absolute atomic E-state index is 0.223. The second kappa shape index (κ2) is 8.04. The van der Waals surface area contributed by atoms with Crippen LogP contribution in [0.25, 0.3) is 0 Å². The largest absolute Gasteiger partial charge is 0.342 e. The number of rotatable bonds is 5. The number of amides is 2. The van der Waals surface area contributed by atoms with Gasteiger partial charge in [-0.3, -0.25) is 9.59 Å². The molecule has 2 aliphatic heterocycles. The van der Waals surface area contributed by atoms with E-state index in [1.165, 1.54) is 18.4 Å². The van der Waals surface area contributed by atoms with Crippen molar-refractivity contribution in [1.82, 2.24) is 9.80 Å². The first-order chi connectivity index (χ1) is 13.2. The molecule has 1 saturated carbocycles. The Bertz CT molecular complexity index is 668. The minimum atomic E-state index is -0.292. The summed E-state index contributed by atoms with van der Waals surface area (Å²) in [5.74, 6) is 0.850. The molecule has 2 amide bonds. The third kappa shape index (κ3) is 3.90. The highest BCUT2D eigenvalue weighted by atomic mass is 16.2. The van der Waals surface area contributed by atoms with E-state index in [0.29, 0.717) is 18.4 Å². The molecule has 146 valence electrons. The summed E-state index contributed by atoms with van der Waals surface area (Å²) in [6.07, 6.45) is 9.37. The topological polar surface area (TPSA) is 40.6 Å². The van der Waals surface area contributed by atoms with Crippen LogP contribution in [0.2, 0.25) is 0 Å². The normalized spacial score (nSPS) is 26.3. The van der Waals surface area contributed by atoms with Crippen LogP contribution < -0.4 is 0 Å². The SMILES string of the molecule is O=C(C1CCCC1)N1CC[C@@]2(CCCN(CCCc3ccccc3)C2=O)C1. The molecule has 0 aromatic heterocycles. The highest BCUT2D eigenvalue weighted by molar-refractivity contribution is 5.86. The van der Waals surface area contributed by atoms with E-state index in [-0.39, 0.29) is 11.3 Å². The molecule has 27 heavy (non-hydrogen) atoms. The van der Waals surface area contributed by atoms with Gasteiger partial charge in [-0.05, 0) is 50.5 Å². The number of nitrogens with zero attached hydrogens (tertiary/aromatic N) is 2. The first-order valence-electron chi connectivity index (χ1n) is 10.8. The van der Waals surface area contributed by atoms with Crippen LogP contribution in [0.3, 0.4) is 0 Å². The molecule has 4 nitrogen and oxygen atoms in total. The van der Waals surface area contributed by atoms with Crippen molar-refractivity contribution >= 4 is 11.8 Å². The Morgan fingerprint density at radius 3 is 2.59 bits per heavy atom. The van der Waals surface area contributed by atoms with Crippen LogP contribution in [0.4, 0.5) is 0 Å². The number of benzene rings is 1. The van der Waals surface area contributed by atoms with E-state index in [1.54, 1.807) is 0 Å². The average molecular weight is 369 g/mol. The van der Waals surface area contributed by atoms with Crippen molar-refractivity contribution in [1.29, 1.82) is 0 Å². The van der Waals surface area contributed by atoms with Crippen LogP contribution >= 0.6 is 0 Å². The second-order valence-corrected chi connectivity index (χ2v) is 8.76. The fraction of sp³-hybridized carbons (Fsp3) is 0.652. The molecule has 1 spiro atoms. The molecule has 0 radical (unpaired) electrons. The van der Waals surface area contributed by atoms with Crippen molar-refractivity contribution < 1.29 is 9.59 Å². The van der Waals surface area contributed by atoms with Gasteiger partial charge in [0.1, 0.15) is 0 Å². The molecular weight excluding hydrogens is 336 g/mol. The standard InChI is InChI=1S/C23H32N2O2/c26-21(20-11-4-5-12-20)25-17-14-23(18-25)13-7-16-24(22(23)27)15-6-10-19-8-2-1-3-9-19/h1-3,8-9,20H,4-7,10-18H2/t23-/m0/s1. The van der Waals surface area contributed by atoms with Crippen molar-refractivity contribution in [2.24, 2.45) is 11.3 Å². The van der Waals surface area contributed by atoms with Gasteiger partial charge in [0.25, 0.3) is 0 Å². The summed E-state index contributed by atoms with van der Waals surface area (Å²) in [7, 11) is 0. The molecule has 4 rings (SSSR count). The van der Waals surface area contributed by atoms with Gasteiger partial charge >= 0.3 is 0 Å². The summed E-state index contributed by atoms with van der Waals surface area (Å²) in [5, 5.41) is 0. The lowest BCUT2D eigenvalue weighted by atomic mass is 9.78. The molecule has 0 N–H and O–H groups in total. The molecule has 2 saturated heterocycles. The van der Waals surface area contributed by atoms with Gasteiger partial charge in [-0.25, -0.2) is 0 Å². The zero-order valence-corrected chi connectivity index (χ0v) is 16.4. The van der Waals surface area contributed by atoms with Gasteiger partial charge in [-0.2, -0.15) is 0 Å². The Labute approximate surface area is 162 Å². The zero-order chi connectivity index (χ0) is 18.7. The highest BCUT2D eigenvalue weighted by Crippen LogP contribution is 2.41. The van der Waals surface area contributed by atoms with Crippen molar-refractivity contribution in [3.05, 3.63) is 35.9 Å². The Morgan fingerprint density at radius 2 is 1.81 bits per heavy atom. The van der Waals surface area contributed by atoms with Gasteiger partial charge in [0, 0.05) is 32.1 Å². The maximum absolute atomic E-state index is 13.3. The minimum Gasteiger partial charge on any atom is -0.342 e. The summed E-state index contributed by atoms with van der Waals surface area (Å²) >= 11 is 0. The van der Waals surface area contributed by atoms with Crippen molar-refractivity contribution in [2.45, 2.75) is 57.8 Å². The smallest absolute Gasteiger partial charge is 0.230 e. The molecule has 3 fully saturated rings. The highest BCUT2D eigenvalue weighted by Gasteiger charge is 2.49. The van der Waals surface area contributed by atoms with Crippen LogP contribution in [-0.2, 0) is 16.0 Å².